The van der Waals surface area contributed by atoms with Crippen molar-refractivity contribution < 1.29 is 13.6 Å². The Morgan fingerprint density at radius 3 is 2.65 bits per heavy atom. The lowest BCUT2D eigenvalue weighted by molar-refractivity contribution is 0.102. The third kappa shape index (κ3) is 3.11. The summed E-state index contributed by atoms with van der Waals surface area (Å²) in [7, 11) is 0. The number of rotatable bonds is 3. The number of nitrogens with zero attached hydrogens (tertiary/aromatic N) is 1. The Kier molecular flexibility index (Phi) is 3.89. The van der Waals surface area contributed by atoms with Crippen molar-refractivity contribution in [3.63, 3.8) is 0 Å². The second kappa shape index (κ2) is 6.00. The first kappa shape index (κ1) is 14.9. The molecule has 3 rings (SSSR count). The van der Waals surface area contributed by atoms with Crippen LogP contribution in [0.3, 0.4) is 0 Å². The lowest BCUT2D eigenvalue weighted by Gasteiger charge is -2.07. The molecule has 0 radical (unpaired) electrons. The highest BCUT2D eigenvalue weighted by molar-refractivity contribution is 6.04. The maximum absolute atomic E-state index is 13.2. The zero-order valence-corrected chi connectivity index (χ0v) is 12.2. The van der Waals surface area contributed by atoms with E-state index in [1.807, 2.05) is 13.0 Å². The van der Waals surface area contributed by atoms with Crippen LogP contribution in [0.1, 0.15) is 16.1 Å². The summed E-state index contributed by atoms with van der Waals surface area (Å²) < 4.78 is 26.1. The van der Waals surface area contributed by atoms with E-state index < -0.39 is 17.5 Å². The molecular weight excluding hydrogens is 300 g/mol. The largest absolute Gasteiger partial charge is 0.348 e. The van der Waals surface area contributed by atoms with E-state index in [1.54, 1.807) is 24.5 Å². The van der Waals surface area contributed by atoms with Gasteiger partial charge in [-0.2, -0.15) is 0 Å². The van der Waals surface area contributed by atoms with Crippen molar-refractivity contribution in [2.45, 2.75) is 6.92 Å². The Labute approximate surface area is 131 Å². The van der Waals surface area contributed by atoms with Gasteiger partial charge in [0, 0.05) is 22.5 Å². The van der Waals surface area contributed by atoms with Crippen molar-refractivity contribution in [3.8, 4) is 11.3 Å². The van der Waals surface area contributed by atoms with E-state index in [0.29, 0.717) is 5.69 Å². The van der Waals surface area contributed by atoms with Crippen LogP contribution in [0.4, 0.5) is 14.5 Å². The zero-order chi connectivity index (χ0) is 16.4. The standard InChI is InChI=1S/C17H13F2N3O/c1-10-16(21-9-20-10)11-3-2-4-13(7-11)22-17(23)12-5-6-14(18)15(19)8-12/h2-9H,1H3,(H,20,21)(H,22,23). The number of halogens is 2. The number of hydrogen-bond donors (Lipinski definition) is 2. The van der Waals surface area contributed by atoms with Gasteiger partial charge in [0.25, 0.3) is 5.91 Å². The summed E-state index contributed by atoms with van der Waals surface area (Å²) in [5.74, 6) is -2.56. The van der Waals surface area contributed by atoms with Crippen molar-refractivity contribution in [3.05, 3.63) is 71.7 Å². The van der Waals surface area contributed by atoms with E-state index in [9.17, 15) is 13.6 Å². The number of nitrogens with one attached hydrogen (secondary N) is 2. The summed E-state index contributed by atoms with van der Waals surface area (Å²) in [5.41, 5.74) is 3.12. The highest BCUT2D eigenvalue weighted by Gasteiger charge is 2.11. The molecule has 0 bridgehead atoms. The molecule has 0 spiro atoms. The van der Waals surface area contributed by atoms with Crippen molar-refractivity contribution in [2.75, 3.05) is 5.32 Å². The number of anilines is 1. The van der Waals surface area contributed by atoms with Gasteiger partial charge in [-0.15, -0.1) is 0 Å². The second-order valence-corrected chi connectivity index (χ2v) is 5.04. The van der Waals surface area contributed by atoms with Crippen molar-refractivity contribution >= 4 is 11.6 Å². The highest BCUT2D eigenvalue weighted by atomic mass is 19.2. The molecule has 0 unspecified atom stereocenters. The maximum Gasteiger partial charge on any atom is 0.255 e. The van der Waals surface area contributed by atoms with Crippen LogP contribution in [0.2, 0.25) is 0 Å². The number of aryl methyl sites for hydroxylation is 1. The number of H-pyrrole nitrogens is 1. The number of benzene rings is 2. The first-order valence-electron chi connectivity index (χ1n) is 6.91. The van der Waals surface area contributed by atoms with Gasteiger partial charge in [-0.05, 0) is 37.3 Å². The lowest BCUT2D eigenvalue weighted by Crippen LogP contribution is -2.12. The molecule has 3 aromatic rings. The monoisotopic (exact) mass is 313 g/mol. The summed E-state index contributed by atoms with van der Waals surface area (Å²) in [6.07, 6.45) is 1.59. The molecule has 0 aliphatic carbocycles. The molecule has 23 heavy (non-hydrogen) atoms. The van der Waals surface area contributed by atoms with Gasteiger partial charge in [-0.25, -0.2) is 13.8 Å². The first-order chi connectivity index (χ1) is 11.0. The van der Waals surface area contributed by atoms with Gasteiger partial charge in [0.2, 0.25) is 0 Å². The summed E-state index contributed by atoms with van der Waals surface area (Å²) >= 11 is 0. The fraction of sp³-hybridized carbons (Fsp3) is 0.0588. The maximum atomic E-state index is 13.2. The number of imidazole rings is 1. The van der Waals surface area contributed by atoms with Crippen LogP contribution < -0.4 is 5.32 Å². The smallest absolute Gasteiger partial charge is 0.255 e. The van der Waals surface area contributed by atoms with Gasteiger partial charge in [-0.3, -0.25) is 4.79 Å². The molecule has 0 aliphatic heterocycles. The fourth-order valence-corrected chi connectivity index (χ4v) is 2.23. The minimum Gasteiger partial charge on any atom is -0.348 e. The molecule has 4 nitrogen and oxygen atoms in total. The van der Waals surface area contributed by atoms with Gasteiger partial charge in [0.15, 0.2) is 11.6 Å². The van der Waals surface area contributed by atoms with Gasteiger partial charge in [0.1, 0.15) is 0 Å². The third-order valence-electron chi connectivity index (χ3n) is 3.41. The average molecular weight is 313 g/mol. The summed E-state index contributed by atoms with van der Waals surface area (Å²) in [6, 6.07) is 10.2. The van der Waals surface area contributed by atoms with Crippen LogP contribution in [0, 0.1) is 18.6 Å². The van der Waals surface area contributed by atoms with Crippen LogP contribution in [-0.2, 0) is 0 Å². The topological polar surface area (TPSA) is 57.8 Å². The molecule has 1 amide bonds. The minimum absolute atomic E-state index is 0.0465. The Bertz CT molecular complexity index is 874. The molecule has 2 aromatic carbocycles. The fourth-order valence-electron chi connectivity index (χ4n) is 2.23. The summed E-state index contributed by atoms with van der Waals surface area (Å²) in [6.45, 7) is 1.90. The van der Waals surface area contributed by atoms with Gasteiger partial charge in [0.05, 0.1) is 12.0 Å². The Hall–Kier alpha value is -3.02. The summed E-state index contributed by atoms with van der Waals surface area (Å²) in [5, 5.41) is 2.66. The van der Waals surface area contributed by atoms with Crippen molar-refractivity contribution in [1.82, 2.24) is 9.97 Å². The molecule has 1 aromatic heterocycles. The van der Waals surface area contributed by atoms with Crippen LogP contribution >= 0.6 is 0 Å². The number of amides is 1. The van der Waals surface area contributed by atoms with Gasteiger partial charge >= 0.3 is 0 Å². The number of aromatic nitrogens is 2. The highest BCUT2D eigenvalue weighted by Crippen LogP contribution is 2.23. The number of hydrogen-bond acceptors (Lipinski definition) is 2. The van der Waals surface area contributed by atoms with Crippen molar-refractivity contribution in [1.29, 1.82) is 0 Å². The molecule has 0 aliphatic rings. The quantitative estimate of drug-likeness (QED) is 0.770. The number of carbonyl (C=O) groups excluding carboxylic acids is 1. The molecule has 0 saturated carbocycles. The average Bonchev–Trinajstić information content (AvgIpc) is 2.96. The minimum atomic E-state index is -1.06. The van der Waals surface area contributed by atoms with Gasteiger partial charge < -0.3 is 10.3 Å². The van der Waals surface area contributed by atoms with Crippen LogP contribution in [-0.4, -0.2) is 15.9 Å². The van der Waals surface area contributed by atoms with Crippen LogP contribution in [0.5, 0.6) is 0 Å². The van der Waals surface area contributed by atoms with Crippen molar-refractivity contribution in [2.24, 2.45) is 0 Å². The predicted molar refractivity (Wildman–Crippen MR) is 83.1 cm³/mol. The van der Waals surface area contributed by atoms with E-state index in [1.165, 1.54) is 6.07 Å². The van der Waals surface area contributed by atoms with E-state index in [-0.39, 0.29) is 5.56 Å². The molecule has 1 heterocycles. The Morgan fingerprint density at radius 1 is 1.13 bits per heavy atom. The van der Waals surface area contributed by atoms with E-state index in [2.05, 4.69) is 15.3 Å². The molecule has 0 saturated heterocycles. The second-order valence-electron chi connectivity index (χ2n) is 5.04. The molecule has 6 heteroatoms. The molecule has 2 N–H and O–H groups in total. The first-order valence-corrected chi connectivity index (χ1v) is 6.91. The van der Waals surface area contributed by atoms with Crippen LogP contribution in [0.15, 0.2) is 48.8 Å². The third-order valence-corrected chi connectivity index (χ3v) is 3.41. The van der Waals surface area contributed by atoms with E-state index >= 15 is 0 Å². The number of carbonyl (C=O) groups is 1. The Morgan fingerprint density at radius 2 is 1.96 bits per heavy atom. The molecular formula is C17H13F2N3O. The molecule has 0 fully saturated rings. The lowest BCUT2D eigenvalue weighted by atomic mass is 10.1. The normalized spacial score (nSPS) is 10.6. The SMILES string of the molecule is Cc1[nH]cnc1-c1cccc(NC(=O)c2ccc(F)c(F)c2)c1. The van der Waals surface area contributed by atoms with E-state index in [4.69, 9.17) is 0 Å². The molecule has 116 valence electrons. The summed E-state index contributed by atoms with van der Waals surface area (Å²) in [4.78, 5) is 19.3. The Balaban J connectivity index is 1.84. The van der Waals surface area contributed by atoms with Crippen LogP contribution in [0.25, 0.3) is 11.3 Å². The number of aromatic amines is 1. The predicted octanol–water partition coefficient (Wildman–Crippen LogP) is 3.92. The van der Waals surface area contributed by atoms with E-state index in [0.717, 1.165) is 29.1 Å². The molecule has 0 atom stereocenters. The zero-order valence-electron chi connectivity index (χ0n) is 12.2. The van der Waals surface area contributed by atoms with Gasteiger partial charge in [-0.1, -0.05) is 12.1 Å².